The number of hydrogen-bond donors (Lipinski definition) is 0. The molecule has 0 saturated carbocycles. The molecule has 0 heterocycles. The van der Waals surface area contributed by atoms with Crippen molar-refractivity contribution >= 4 is 23.2 Å². The van der Waals surface area contributed by atoms with E-state index in [1.807, 2.05) is 27.7 Å². The van der Waals surface area contributed by atoms with Crippen molar-refractivity contribution in [2.45, 2.75) is 39.9 Å². The van der Waals surface area contributed by atoms with Gasteiger partial charge in [-0.2, -0.15) is 17.6 Å². The first-order valence-corrected chi connectivity index (χ1v) is 5.27. The van der Waals surface area contributed by atoms with E-state index in [1.54, 1.807) is 0 Å². The Morgan fingerprint density at radius 2 is 1.06 bits per heavy atom. The van der Waals surface area contributed by atoms with Gasteiger partial charge in [-0.3, -0.25) is 0 Å². The zero-order chi connectivity index (χ0) is 14.6. The van der Waals surface area contributed by atoms with E-state index in [1.165, 1.54) is 0 Å². The first-order valence-electron chi connectivity index (χ1n) is 4.52. The normalized spacial score (nSPS) is 8.94. The molecule has 0 bridgehead atoms. The fourth-order valence-electron chi connectivity index (χ4n) is 0.544. The van der Waals surface area contributed by atoms with Gasteiger partial charge in [0.15, 0.2) is 0 Å². The standard InChI is InChI=1S/C6H14O.C2H2Cl2.C2F4/c1-5(2)7-6(3)4;1-2(3)4;3-1(4)2(5)6/h5-6H,1-4H3;1H2;. The number of rotatable bonds is 2. The van der Waals surface area contributed by atoms with Gasteiger partial charge in [0.1, 0.15) is 0 Å². The summed E-state index contributed by atoms with van der Waals surface area (Å²) in [7, 11) is 0. The highest BCUT2D eigenvalue weighted by Crippen LogP contribution is 2.08. The number of halogens is 6. The van der Waals surface area contributed by atoms with Crippen molar-refractivity contribution in [3.05, 3.63) is 23.2 Å². The second-order valence-corrected chi connectivity index (χ2v) is 4.20. The summed E-state index contributed by atoms with van der Waals surface area (Å²) in [6.45, 7) is 11.3. The van der Waals surface area contributed by atoms with Gasteiger partial charge in [-0.1, -0.05) is 29.8 Å². The summed E-state index contributed by atoms with van der Waals surface area (Å²) < 4.78 is 46.5. The Labute approximate surface area is 109 Å². The Morgan fingerprint density at radius 3 is 1.06 bits per heavy atom. The SMILES string of the molecule is C=C(Cl)Cl.CC(C)OC(C)C.FC(F)=C(F)F. The molecule has 0 N–H and O–H groups in total. The van der Waals surface area contributed by atoms with Crippen LogP contribution < -0.4 is 0 Å². The van der Waals surface area contributed by atoms with Gasteiger partial charge in [0, 0.05) is 0 Å². The molecule has 0 aromatic carbocycles. The first-order chi connectivity index (χ1) is 7.50. The van der Waals surface area contributed by atoms with E-state index in [-0.39, 0.29) is 4.49 Å². The minimum absolute atomic E-state index is 0.111. The zero-order valence-corrected chi connectivity index (χ0v) is 11.5. The van der Waals surface area contributed by atoms with Crippen molar-refractivity contribution < 1.29 is 22.3 Å². The van der Waals surface area contributed by atoms with Crippen molar-refractivity contribution in [2.75, 3.05) is 0 Å². The molecule has 0 rings (SSSR count). The fourth-order valence-corrected chi connectivity index (χ4v) is 0.544. The molecule has 0 aliphatic rings. The molecule has 0 aliphatic heterocycles. The van der Waals surface area contributed by atoms with Crippen LogP contribution in [0.3, 0.4) is 0 Å². The molecule has 0 aliphatic carbocycles. The van der Waals surface area contributed by atoms with Gasteiger partial charge < -0.3 is 4.74 Å². The monoisotopic (exact) mass is 298 g/mol. The summed E-state index contributed by atoms with van der Waals surface area (Å²) in [6, 6.07) is 0. The molecule has 0 amide bonds. The summed E-state index contributed by atoms with van der Waals surface area (Å²) in [5.41, 5.74) is 0. The van der Waals surface area contributed by atoms with E-state index in [9.17, 15) is 17.6 Å². The molecule has 7 heteroatoms. The maximum Gasteiger partial charge on any atom is 0.334 e. The highest BCUT2D eigenvalue weighted by Gasteiger charge is 1.98. The second-order valence-electron chi connectivity index (χ2n) is 3.09. The van der Waals surface area contributed by atoms with E-state index in [2.05, 4.69) is 6.58 Å². The second kappa shape index (κ2) is 13.8. The van der Waals surface area contributed by atoms with Gasteiger partial charge in [0.2, 0.25) is 0 Å². The third kappa shape index (κ3) is 49.6. The lowest BCUT2D eigenvalue weighted by Crippen LogP contribution is -2.09. The molecule has 0 atom stereocenters. The van der Waals surface area contributed by atoms with Crippen molar-refractivity contribution in [1.82, 2.24) is 0 Å². The van der Waals surface area contributed by atoms with Gasteiger partial charge >= 0.3 is 12.2 Å². The van der Waals surface area contributed by atoms with Crippen LogP contribution in [0.15, 0.2) is 23.2 Å². The average molecular weight is 299 g/mol. The lowest BCUT2D eigenvalue weighted by Gasteiger charge is -2.09. The predicted octanol–water partition coefficient (Wildman–Crippen LogP) is 5.75. The Bertz CT molecular complexity index is 202. The van der Waals surface area contributed by atoms with Crippen LogP contribution in [0.5, 0.6) is 0 Å². The molecular weight excluding hydrogens is 283 g/mol. The van der Waals surface area contributed by atoms with Crippen LogP contribution in [-0.4, -0.2) is 12.2 Å². The molecule has 0 aromatic heterocycles. The van der Waals surface area contributed by atoms with Crippen LogP contribution in [0.4, 0.5) is 17.6 Å². The van der Waals surface area contributed by atoms with Gasteiger partial charge in [-0.15, -0.1) is 0 Å². The maximum absolute atomic E-state index is 10.3. The largest absolute Gasteiger partial charge is 0.376 e. The van der Waals surface area contributed by atoms with E-state index in [4.69, 9.17) is 27.9 Å². The molecule has 0 aromatic rings. The molecular formula is C10H16Cl2F4O. The Hall–Kier alpha value is -0.260. The third-order valence-corrected chi connectivity index (χ3v) is 0.687. The highest BCUT2D eigenvalue weighted by atomic mass is 35.5. The zero-order valence-electron chi connectivity index (χ0n) is 10.0. The summed E-state index contributed by atoms with van der Waals surface area (Å²) in [5, 5.41) is 0. The Balaban J connectivity index is -0.000000180. The lowest BCUT2D eigenvalue weighted by atomic mass is 10.4. The maximum atomic E-state index is 10.3. The summed E-state index contributed by atoms with van der Waals surface area (Å²) >= 11 is 9.69. The molecule has 0 saturated heterocycles. The van der Waals surface area contributed by atoms with Crippen LogP contribution >= 0.6 is 23.2 Å². The Morgan fingerprint density at radius 1 is 0.882 bits per heavy atom. The van der Waals surface area contributed by atoms with Gasteiger partial charge in [-0.05, 0) is 27.7 Å². The van der Waals surface area contributed by atoms with Gasteiger partial charge in [0.05, 0.1) is 16.7 Å². The van der Waals surface area contributed by atoms with Crippen LogP contribution in [-0.2, 0) is 4.74 Å². The molecule has 0 fully saturated rings. The van der Waals surface area contributed by atoms with Gasteiger partial charge in [-0.25, -0.2) is 0 Å². The van der Waals surface area contributed by atoms with Crippen molar-refractivity contribution in [3.8, 4) is 0 Å². The minimum atomic E-state index is -2.91. The average Bonchev–Trinajstić information content (AvgIpc) is 2.00. The third-order valence-electron chi connectivity index (χ3n) is 0.687. The van der Waals surface area contributed by atoms with Crippen molar-refractivity contribution in [2.24, 2.45) is 0 Å². The molecule has 17 heavy (non-hydrogen) atoms. The number of ether oxygens (including phenoxy) is 1. The topological polar surface area (TPSA) is 9.23 Å². The summed E-state index contributed by atoms with van der Waals surface area (Å²) in [6.07, 6.45) is -5.06. The lowest BCUT2D eigenvalue weighted by molar-refractivity contribution is 0.0300. The quantitative estimate of drug-likeness (QED) is 0.590. The van der Waals surface area contributed by atoms with E-state index in [0.717, 1.165) is 0 Å². The summed E-state index contributed by atoms with van der Waals surface area (Å²) in [5.74, 6) is 0. The van der Waals surface area contributed by atoms with E-state index < -0.39 is 12.2 Å². The highest BCUT2D eigenvalue weighted by molar-refractivity contribution is 6.55. The molecule has 0 spiro atoms. The minimum Gasteiger partial charge on any atom is -0.376 e. The van der Waals surface area contributed by atoms with Crippen molar-refractivity contribution in [3.63, 3.8) is 0 Å². The predicted molar refractivity (Wildman–Crippen MR) is 63.7 cm³/mol. The van der Waals surface area contributed by atoms with Crippen LogP contribution in [0, 0.1) is 0 Å². The summed E-state index contributed by atoms with van der Waals surface area (Å²) in [4.78, 5) is 0. The smallest absolute Gasteiger partial charge is 0.334 e. The fraction of sp³-hybridized carbons (Fsp3) is 0.600. The molecule has 1 nitrogen and oxygen atoms in total. The van der Waals surface area contributed by atoms with Crippen LogP contribution in [0.25, 0.3) is 0 Å². The van der Waals surface area contributed by atoms with E-state index >= 15 is 0 Å². The first kappa shape index (κ1) is 22.0. The molecule has 104 valence electrons. The molecule has 0 radical (unpaired) electrons. The molecule has 0 unspecified atom stereocenters. The Kier molecular flexibility index (Phi) is 17.8. The van der Waals surface area contributed by atoms with Crippen molar-refractivity contribution in [1.29, 1.82) is 0 Å². The number of hydrogen-bond acceptors (Lipinski definition) is 1. The van der Waals surface area contributed by atoms with E-state index in [0.29, 0.717) is 12.2 Å². The van der Waals surface area contributed by atoms with Crippen LogP contribution in [0.1, 0.15) is 27.7 Å². The van der Waals surface area contributed by atoms with Gasteiger partial charge in [0.25, 0.3) is 0 Å². The van der Waals surface area contributed by atoms with Crippen LogP contribution in [0.2, 0.25) is 0 Å².